The minimum atomic E-state index is -2.81. The molecule has 2 aliphatic rings. The zero-order chi connectivity index (χ0) is 12.7. The van der Waals surface area contributed by atoms with Crippen molar-refractivity contribution in [1.29, 1.82) is 0 Å². The topological polar surface area (TPSA) is 55.4 Å². The van der Waals surface area contributed by atoms with E-state index in [2.05, 4.69) is 19.2 Å². The van der Waals surface area contributed by atoms with Gasteiger partial charge >= 0.3 is 0 Å². The maximum Gasteiger partial charge on any atom is 0.150 e. The Labute approximate surface area is 116 Å². The lowest BCUT2D eigenvalue weighted by Gasteiger charge is -2.32. The molecule has 0 aromatic rings. The Hall–Kier alpha value is 0.160. The molecule has 2 fully saturated rings. The van der Waals surface area contributed by atoms with Gasteiger partial charge in [0.2, 0.25) is 0 Å². The average molecular weight is 298 g/mol. The summed E-state index contributed by atoms with van der Waals surface area (Å²) in [6.07, 6.45) is 2.59. The molecule has 2 aliphatic heterocycles. The minimum absolute atomic E-state index is 0. The second-order valence-electron chi connectivity index (χ2n) is 6.36. The van der Waals surface area contributed by atoms with Crippen LogP contribution in [0.3, 0.4) is 0 Å². The largest absolute Gasteiger partial charge is 0.359 e. The first-order valence-electron chi connectivity index (χ1n) is 6.34. The molecule has 0 aliphatic carbocycles. The lowest BCUT2D eigenvalue weighted by atomic mass is 9.94. The Morgan fingerprint density at radius 2 is 2.00 bits per heavy atom. The van der Waals surface area contributed by atoms with Gasteiger partial charge in [-0.15, -0.1) is 12.4 Å². The lowest BCUT2D eigenvalue weighted by Crippen LogP contribution is -2.48. The fourth-order valence-electron chi connectivity index (χ4n) is 3.07. The summed E-state index contributed by atoms with van der Waals surface area (Å²) in [6, 6.07) is 0. The summed E-state index contributed by atoms with van der Waals surface area (Å²) >= 11 is 0. The Morgan fingerprint density at radius 1 is 1.33 bits per heavy atom. The van der Waals surface area contributed by atoms with Gasteiger partial charge in [0.15, 0.2) is 9.84 Å². The quantitative estimate of drug-likeness (QED) is 0.843. The maximum atomic E-state index is 11.6. The Kier molecular flexibility index (Phi) is 4.75. The summed E-state index contributed by atoms with van der Waals surface area (Å²) in [7, 11) is -2.81. The molecule has 6 heteroatoms. The van der Waals surface area contributed by atoms with Crippen molar-refractivity contribution >= 4 is 22.2 Å². The van der Waals surface area contributed by atoms with Gasteiger partial charge in [-0.05, 0) is 46.0 Å². The van der Waals surface area contributed by atoms with Crippen LogP contribution in [0.15, 0.2) is 0 Å². The SMILES string of the molecule is CC1(C)COC(C)(CC2CCCS(=O)(=O)C2)N1.Cl. The molecule has 2 heterocycles. The molecule has 0 aromatic heterocycles. The zero-order valence-electron chi connectivity index (χ0n) is 11.4. The molecule has 2 saturated heterocycles. The molecule has 0 bridgehead atoms. The Bertz CT molecular complexity index is 396. The van der Waals surface area contributed by atoms with Gasteiger partial charge in [-0.1, -0.05) is 0 Å². The molecule has 1 N–H and O–H groups in total. The van der Waals surface area contributed by atoms with Crippen molar-refractivity contribution in [2.45, 2.75) is 51.3 Å². The highest BCUT2D eigenvalue weighted by Crippen LogP contribution is 2.32. The second kappa shape index (κ2) is 5.27. The molecular formula is C12H24ClNO3S. The van der Waals surface area contributed by atoms with E-state index in [-0.39, 0.29) is 29.6 Å². The third kappa shape index (κ3) is 4.08. The first kappa shape index (κ1) is 16.2. The van der Waals surface area contributed by atoms with Crippen molar-refractivity contribution in [1.82, 2.24) is 5.32 Å². The van der Waals surface area contributed by atoms with Crippen molar-refractivity contribution in [3.63, 3.8) is 0 Å². The second-order valence-corrected chi connectivity index (χ2v) is 8.58. The summed E-state index contributed by atoms with van der Waals surface area (Å²) in [5.74, 6) is 0.925. The highest BCUT2D eigenvalue weighted by atomic mass is 35.5. The number of hydrogen-bond acceptors (Lipinski definition) is 4. The van der Waals surface area contributed by atoms with E-state index in [1.165, 1.54) is 0 Å². The fraction of sp³-hybridized carbons (Fsp3) is 1.00. The number of ether oxygens (including phenoxy) is 1. The highest BCUT2D eigenvalue weighted by Gasteiger charge is 2.42. The molecule has 0 saturated carbocycles. The number of nitrogens with one attached hydrogen (secondary N) is 1. The molecule has 0 amide bonds. The van der Waals surface area contributed by atoms with E-state index in [4.69, 9.17) is 4.74 Å². The predicted octanol–water partition coefficient (Wildman–Crippen LogP) is 1.74. The molecule has 2 atom stereocenters. The molecule has 2 unspecified atom stereocenters. The first-order chi connectivity index (χ1) is 7.70. The average Bonchev–Trinajstić information content (AvgIpc) is 2.38. The van der Waals surface area contributed by atoms with Crippen molar-refractivity contribution in [3.05, 3.63) is 0 Å². The zero-order valence-corrected chi connectivity index (χ0v) is 13.0. The van der Waals surface area contributed by atoms with Gasteiger partial charge < -0.3 is 4.74 Å². The number of rotatable bonds is 2. The van der Waals surface area contributed by atoms with Crippen LogP contribution in [-0.2, 0) is 14.6 Å². The summed E-state index contributed by atoms with van der Waals surface area (Å²) in [4.78, 5) is 0. The Morgan fingerprint density at radius 3 is 2.50 bits per heavy atom. The van der Waals surface area contributed by atoms with E-state index < -0.39 is 9.84 Å². The number of sulfone groups is 1. The minimum Gasteiger partial charge on any atom is -0.359 e. The molecule has 4 nitrogen and oxygen atoms in total. The van der Waals surface area contributed by atoms with E-state index in [9.17, 15) is 8.42 Å². The van der Waals surface area contributed by atoms with Crippen LogP contribution in [0.5, 0.6) is 0 Å². The van der Waals surface area contributed by atoms with Crippen LogP contribution in [0.4, 0.5) is 0 Å². The summed E-state index contributed by atoms with van der Waals surface area (Å²) in [6.45, 7) is 6.93. The van der Waals surface area contributed by atoms with Gasteiger partial charge in [-0.2, -0.15) is 0 Å². The van der Waals surface area contributed by atoms with Crippen LogP contribution >= 0.6 is 12.4 Å². The summed E-state index contributed by atoms with van der Waals surface area (Å²) in [5, 5.41) is 3.46. The van der Waals surface area contributed by atoms with Gasteiger partial charge in [-0.25, -0.2) is 8.42 Å². The fourth-order valence-corrected chi connectivity index (χ4v) is 4.84. The van der Waals surface area contributed by atoms with Gasteiger partial charge in [0.05, 0.1) is 18.1 Å². The van der Waals surface area contributed by atoms with Crippen LogP contribution in [0, 0.1) is 5.92 Å². The Balaban J connectivity index is 0.00000162. The van der Waals surface area contributed by atoms with Gasteiger partial charge in [0.1, 0.15) is 5.72 Å². The molecule has 18 heavy (non-hydrogen) atoms. The highest BCUT2D eigenvalue weighted by molar-refractivity contribution is 7.91. The van der Waals surface area contributed by atoms with E-state index in [1.54, 1.807) is 0 Å². The van der Waals surface area contributed by atoms with Crippen LogP contribution in [0.1, 0.15) is 40.0 Å². The smallest absolute Gasteiger partial charge is 0.150 e. The maximum absolute atomic E-state index is 11.6. The molecule has 108 valence electrons. The van der Waals surface area contributed by atoms with Crippen molar-refractivity contribution in [2.75, 3.05) is 18.1 Å². The van der Waals surface area contributed by atoms with Gasteiger partial charge in [0.25, 0.3) is 0 Å². The number of halogens is 1. The summed E-state index contributed by atoms with van der Waals surface area (Å²) in [5.41, 5.74) is -0.372. The molecule has 0 aromatic carbocycles. The van der Waals surface area contributed by atoms with Crippen molar-refractivity contribution in [3.8, 4) is 0 Å². The van der Waals surface area contributed by atoms with E-state index in [1.807, 2.05) is 6.92 Å². The van der Waals surface area contributed by atoms with Crippen molar-refractivity contribution in [2.24, 2.45) is 5.92 Å². The number of hydrogen-bond donors (Lipinski definition) is 1. The molecule has 2 rings (SSSR count). The third-order valence-corrected chi connectivity index (χ3v) is 5.48. The standard InChI is InChI=1S/C12H23NO3S.ClH/c1-11(2)9-16-12(3,13-11)7-10-5-4-6-17(14,15)8-10;/h10,13H,4-9H2,1-3H3;1H. The molecule has 0 radical (unpaired) electrons. The van der Waals surface area contributed by atoms with E-state index in [0.717, 1.165) is 19.3 Å². The normalized spacial score (nSPS) is 38.1. The van der Waals surface area contributed by atoms with E-state index in [0.29, 0.717) is 18.1 Å². The van der Waals surface area contributed by atoms with Gasteiger partial charge in [-0.3, -0.25) is 5.32 Å². The summed E-state index contributed by atoms with van der Waals surface area (Å²) < 4.78 is 29.0. The first-order valence-corrected chi connectivity index (χ1v) is 8.16. The third-order valence-electron chi connectivity index (χ3n) is 3.59. The monoisotopic (exact) mass is 297 g/mol. The van der Waals surface area contributed by atoms with Crippen molar-refractivity contribution < 1.29 is 13.2 Å². The predicted molar refractivity (Wildman–Crippen MR) is 74.8 cm³/mol. The van der Waals surface area contributed by atoms with Crippen LogP contribution < -0.4 is 5.32 Å². The van der Waals surface area contributed by atoms with Crippen LogP contribution in [0.25, 0.3) is 0 Å². The van der Waals surface area contributed by atoms with Crippen LogP contribution in [0.2, 0.25) is 0 Å². The van der Waals surface area contributed by atoms with Crippen LogP contribution in [-0.4, -0.2) is 37.8 Å². The molecule has 0 spiro atoms. The molecular weight excluding hydrogens is 274 g/mol. The van der Waals surface area contributed by atoms with E-state index >= 15 is 0 Å². The lowest BCUT2D eigenvalue weighted by molar-refractivity contribution is -0.0126. The van der Waals surface area contributed by atoms with Gasteiger partial charge in [0, 0.05) is 5.54 Å².